The second-order valence-electron chi connectivity index (χ2n) is 7.11. The van der Waals surface area contributed by atoms with Crippen molar-refractivity contribution in [3.05, 3.63) is 29.8 Å². The number of carbonyl (C=O) groups excluding carboxylic acids is 2. The number of rotatable bonds is 11. The molecule has 9 nitrogen and oxygen atoms in total. The Morgan fingerprint density at radius 2 is 1.84 bits per heavy atom. The highest BCUT2D eigenvalue weighted by Crippen LogP contribution is 2.25. The average Bonchev–Trinajstić information content (AvgIpc) is 3.19. The van der Waals surface area contributed by atoms with Crippen LogP contribution in [-0.4, -0.2) is 59.6 Å². The third-order valence-electron chi connectivity index (χ3n) is 4.58. The number of benzene rings is 1. The van der Waals surface area contributed by atoms with Crippen LogP contribution in [0.4, 0.5) is 5.13 Å². The van der Waals surface area contributed by atoms with E-state index >= 15 is 0 Å². The SMILES string of the molecule is CCSc1nnc(NC(=O)[C@@H](NC(=O)c2cccc(S(=O)(=O)N(CC)CC)c2)C(C)C)s1. The molecule has 0 aliphatic rings. The van der Waals surface area contributed by atoms with Crippen molar-refractivity contribution >= 4 is 50.1 Å². The van der Waals surface area contributed by atoms with Crippen LogP contribution >= 0.6 is 23.1 Å². The number of anilines is 1. The van der Waals surface area contributed by atoms with Gasteiger partial charge in [0.15, 0.2) is 4.34 Å². The van der Waals surface area contributed by atoms with E-state index in [9.17, 15) is 18.0 Å². The van der Waals surface area contributed by atoms with Gasteiger partial charge in [-0.2, -0.15) is 4.31 Å². The highest BCUT2D eigenvalue weighted by molar-refractivity contribution is 8.01. The van der Waals surface area contributed by atoms with Crippen LogP contribution in [0.15, 0.2) is 33.5 Å². The molecule has 0 fully saturated rings. The van der Waals surface area contributed by atoms with Crippen molar-refractivity contribution in [1.29, 1.82) is 0 Å². The van der Waals surface area contributed by atoms with E-state index in [4.69, 9.17) is 0 Å². The molecular formula is C20H29N5O4S3. The van der Waals surface area contributed by atoms with Crippen LogP contribution in [0.5, 0.6) is 0 Å². The maximum absolute atomic E-state index is 12.9. The number of hydrogen-bond acceptors (Lipinski definition) is 8. The van der Waals surface area contributed by atoms with E-state index < -0.39 is 27.9 Å². The summed E-state index contributed by atoms with van der Waals surface area (Å²) in [6.45, 7) is 9.78. The van der Waals surface area contributed by atoms with Gasteiger partial charge in [0.2, 0.25) is 21.1 Å². The molecule has 2 aromatic rings. The normalized spacial score (nSPS) is 12.7. The second kappa shape index (κ2) is 11.7. The first-order chi connectivity index (χ1) is 15.1. The minimum Gasteiger partial charge on any atom is -0.340 e. The van der Waals surface area contributed by atoms with Crippen LogP contribution in [0.3, 0.4) is 0 Å². The van der Waals surface area contributed by atoms with E-state index in [1.165, 1.54) is 51.7 Å². The fraction of sp³-hybridized carbons (Fsp3) is 0.500. The Hall–Kier alpha value is -2.02. The fourth-order valence-electron chi connectivity index (χ4n) is 2.90. The van der Waals surface area contributed by atoms with Gasteiger partial charge in [0.25, 0.3) is 5.91 Å². The average molecular weight is 500 g/mol. The zero-order valence-corrected chi connectivity index (χ0v) is 21.2. The predicted molar refractivity (Wildman–Crippen MR) is 128 cm³/mol. The molecule has 1 aromatic heterocycles. The van der Waals surface area contributed by atoms with Gasteiger partial charge in [-0.3, -0.25) is 14.9 Å². The van der Waals surface area contributed by atoms with Crippen LogP contribution in [0.2, 0.25) is 0 Å². The molecule has 1 atom stereocenters. The molecule has 0 unspecified atom stereocenters. The lowest BCUT2D eigenvalue weighted by molar-refractivity contribution is -0.118. The third-order valence-corrected chi connectivity index (χ3v) is 8.48. The summed E-state index contributed by atoms with van der Waals surface area (Å²) in [6.07, 6.45) is 0. The molecule has 0 aliphatic carbocycles. The van der Waals surface area contributed by atoms with Crippen LogP contribution in [-0.2, 0) is 14.8 Å². The van der Waals surface area contributed by atoms with Gasteiger partial charge in [-0.1, -0.05) is 63.8 Å². The van der Waals surface area contributed by atoms with Gasteiger partial charge in [-0.15, -0.1) is 10.2 Å². The summed E-state index contributed by atoms with van der Waals surface area (Å²) in [4.78, 5) is 25.7. The number of carbonyl (C=O) groups is 2. The monoisotopic (exact) mass is 499 g/mol. The predicted octanol–water partition coefficient (Wildman–Crippen LogP) is 3.07. The molecular weight excluding hydrogens is 470 g/mol. The molecule has 0 radical (unpaired) electrons. The van der Waals surface area contributed by atoms with Crippen molar-refractivity contribution in [2.24, 2.45) is 5.92 Å². The molecule has 0 aliphatic heterocycles. The van der Waals surface area contributed by atoms with E-state index in [1.807, 2.05) is 20.8 Å². The summed E-state index contributed by atoms with van der Waals surface area (Å²) < 4.78 is 27.6. The number of sulfonamides is 1. The number of aromatic nitrogens is 2. The zero-order valence-electron chi connectivity index (χ0n) is 18.8. The number of amides is 2. The Bertz CT molecular complexity index is 1040. The van der Waals surface area contributed by atoms with Crippen molar-refractivity contribution in [2.75, 3.05) is 24.2 Å². The Morgan fingerprint density at radius 1 is 1.16 bits per heavy atom. The van der Waals surface area contributed by atoms with Crippen molar-refractivity contribution < 1.29 is 18.0 Å². The van der Waals surface area contributed by atoms with Crippen LogP contribution in [0.1, 0.15) is 45.0 Å². The molecule has 1 aromatic carbocycles. The molecule has 176 valence electrons. The van der Waals surface area contributed by atoms with Crippen molar-refractivity contribution in [3.63, 3.8) is 0 Å². The topological polar surface area (TPSA) is 121 Å². The van der Waals surface area contributed by atoms with Crippen molar-refractivity contribution in [2.45, 2.75) is 49.9 Å². The molecule has 12 heteroatoms. The molecule has 2 N–H and O–H groups in total. The first-order valence-electron chi connectivity index (χ1n) is 10.3. The third kappa shape index (κ3) is 6.50. The van der Waals surface area contributed by atoms with Gasteiger partial charge in [0.1, 0.15) is 6.04 Å². The lowest BCUT2D eigenvalue weighted by Crippen LogP contribution is -2.47. The van der Waals surface area contributed by atoms with E-state index in [0.29, 0.717) is 18.2 Å². The minimum atomic E-state index is -3.70. The summed E-state index contributed by atoms with van der Waals surface area (Å²) in [5.41, 5.74) is 0.161. The summed E-state index contributed by atoms with van der Waals surface area (Å²) in [7, 11) is -3.70. The number of nitrogens with zero attached hydrogens (tertiary/aromatic N) is 3. The van der Waals surface area contributed by atoms with Crippen LogP contribution in [0, 0.1) is 5.92 Å². The largest absolute Gasteiger partial charge is 0.340 e. The Balaban J connectivity index is 2.18. The molecule has 32 heavy (non-hydrogen) atoms. The lowest BCUT2D eigenvalue weighted by Gasteiger charge is -2.21. The maximum Gasteiger partial charge on any atom is 0.251 e. The molecule has 0 saturated heterocycles. The van der Waals surface area contributed by atoms with Gasteiger partial charge in [0.05, 0.1) is 4.90 Å². The van der Waals surface area contributed by atoms with Crippen molar-refractivity contribution in [3.8, 4) is 0 Å². The number of hydrogen-bond donors (Lipinski definition) is 2. The first-order valence-corrected chi connectivity index (χ1v) is 13.6. The van der Waals surface area contributed by atoms with Gasteiger partial charge in [-0.05, 0) is 29.9 Å². The summed E-state index contributed by atoms with van der Waals surface area (Å²) in [5.74, 6) is -0.311. The van der Waals surface area contributed by atoms with Gasteiger partial charge in [-0.25, -0.2) is 8.42 Å². The van der Waals surface area contributed by atoms with E-state index in [1.54, 1.807) is 13.8 Å². The van der Waals surface area contributed by atoms with Crippen LogP contribution in [0.25, 0.3) is 0 Å². The van der Waals surface area contributed by atoms with E-state index in [0.717, 1.165) is 10.1 Å². The van der Waals surface area contributed by atoms with Crippen molar-refractivity contribution in [1.82, 2.24) is 19.8 Å². The Morgan fingerprint density at radius 3 is 2.44 bits per heavy atom. The van der Waals surface area contributed by atoms with Crippen LogP contribution < -0.4 is 10.6 Å². The number of thioether (sulfide) groups is 1. The lowest BCUT2D eigenvalue weighted by atomic mass is 10.0. The van der Waals surface area contributed by atoms with E-state index in [2.05, 4.69) is 20.8 Å². The Labute approximate surface area is 197 Å². The molecule has 2 amide bonds. The molecule has 2 rings (SSSR count). The summed E-state index contributed by atoms with van der Waals surface area (Å²) in [5, 5.41) is 13.7. The molecule has 1 heterocycles. The molecule has 0 bridgehead atoms. The van der Waals surface area contributed by atoms with Gasteiger partial charge < -0.3 is 5.32 Å². The Kier molecular flexibility index (Phi) is 9.62. The minimum absolute atomic E-state index is 0.0363. The summed E-state index contributed by atoms with van der Waals surface area (Å²) in [6, 6.07) is 4.99. The summed E-state index contributed by atoms with van der Waals surface area (Å²) >= 11 is 2.79. The van der Waals surface area contributed by atoms with Gasteiger partial charge >= 0.3 is 0 Å². The zero-order chi connectivity index (χ0) is 23.9. The first kappa shape index (κ1) is 26.2. The van der Waals surface area contributed by atoms with Gasteiger partial charge in [0, 0.05) is 18.7 Å². The molecule has 0 saturated carbocycles. The smallest absolute Gasteiger partial charge is 0.251 e. The van der Waals surface area contributed by atoms with E-state index in [-0.39, 0.29) is 16.4 Å². The second-order valence-corrected chi connectivity index (χ2v) is 11.5. The molecule has 0 spiro atoms. The highest BCUT2D eigenvalue weighted by Gasteiger charge is 2.27. The quantitative estimate of drug-likeness (QED) is 0.360. The standard InChI is InChI=1S/C20H29N5O4S3/c1-6-25(7-2)32(28,29)15-11-9-10-14(12-15)17(26)21-16(13(4)5)18(27)22-19-23-24-20(31-19)30-8-3/h9-13,16H,6-8H2,1-5H3,(H,21,26)(H,22,23,27)/t16-/m0/s1. The highest BCUT2D eigenvalue weighted by atomic mass is 32.2. The fourth-order valence-corrected chi connectivity index (χ4v) is 6.05. The maximum atomic E-state index is 12.9. The number of nitrogens with one attached hydrogen (secondary N) is 2.